The van der Waals surface area contributed by atoms with Gasteiger partial charge in [-0.2, -0.15) is 0 Å². The maximum Gasteiger partial charge on any atom is 0.322 e. The van der Waals surface area contributed by atoms with Crippen LogP contribution in [0.25, 0.3) is 0 Å². The Kier molecular flexibility index (Phi) is 6.46. The molecule has 0 aliphatic rings. The summed E-state index contributed by atoms with van der Waals surface area (Å²) in [5.41, 5.74) is 3.09. The number of hydrogen-bond acceptors (Lipinski definition) is 6. The van der Waals surface area contributed by atoms with Crippen LogP contribution in [0.2, 0.25) is 0 Å². The minimum atomic E-state index is -0.335. The highest BCUT2D eigenvalue weighted by Crippen LogP contribution is 2.32. The summed E-state index contributed by atoms with van der Waals surface area (Å²) in [7, 11) is 0. The van der Waals surface area contributed by atoms with E-state index >= 15 is 0 Å². The highest BCUT2D eigenvalue weighted by Gasteiger charge is 2.15. The van der Waals surface area contributed by atoms with E-state index in [9.17, 15) is 9.59 Å². The molecule has 2 amide bonds. The smallest absolute Gasteiger partial charge is 0.322 e. The molecule has 30 heavy (non-hydrogen) atoms. The van der Waals surface area contributed by atoms with E-state index in [-0.39, 0.29) is 36.2 Å². The second-order valence-corrected chi connectivity index (χ2v) is 7.15. The van der Waals surface area contributed by atoms with Gasteiger partial charge < -0.3 is 14.5 Å². The number of carbonyl (C=O) groups is 2. The van der Waals surface area contributed by atoms with Crippen LogP contribution in [0.5, 0.6) is 5.75 Å². The minimum absolute atomic E-state index is 0.00282. The summed E-state index contributed by atoms with van der Waals surface area (Å²) in [6, 6.07) is 12.5. The van der Waals surface area contributed by atoms with E-state index in [4.69, 9.17) is 9.15 Å². The van der Waals surface area contributed by atoms with Gasteiger partial charge in [-0.15, -0.1) is 5.10 Å². The molecule has 0 saturated carbocycles. The van der Waals surface area contributed by atoms with Crippen molar-refractivity contribution in [3.63, 3.8) is 0 Å². The van der Waals surface area contributed by atoms with Crippen molar-refractivity contribution in [3.05, 3.63) is 65.0 Å². The van der Waals surface area contributed by atoms with E-state index in [1.807, 2.05) is 39.0 Å². The van der Waals surface area contributed by atoms with Crippen LogP contribution in [0.15, 0.2) is 46.9 Å². The van der Waals surface area contributed by atoms with Crippen LogP contribution in [0, 0.1) is 6.92 Å². The number of nitrogens with one attached hydrogen (secondary N) is 2. The summed E-state index contributed by atoms with van der Waals surface area (Å²) in [5.74, 6) is 0.618. The lowest BCUT2D eigenvalue weighted by atomic mass is 9.98. The Hall–Kier alpha value is -3.68. The van der Waals surface area contributed by atoms with Gasteiger partial charge in [-0.25, -0.2) is 0 Å². The van der Waals surface area contributed by atoms with Gasteiger partial charge in [0.15, 0.2) is 6.61 Å². The molecule has 2 aromatic carbocycles. The lowest BCUT2D eigenvalue weighted by Crippen LogP contribution is -2.11. The molecule has 1 heterocycles. The van der Waals surface area contributed by atoms with Crippen molar-refractivity contribution >= 4 is 23.5 Å². The first kappa shape index (κ1) is 21.0. The average Bonchev–Trinajstić information content (AvgIpc) is 3.14. The zero-order chi connectivity index (χ0) is 21.7. The van der Waals surface area contributed by atoms with Gasteiger partial charge in [-0.05, 0) is 48.2 Å². The third-order valence-electron chi connectivity index (χ3n) is 4.35. The quantitative estimate of drug-likeness (QED) is 0.604. The maximum atomic E-state index is 12.2. The van der Waals surface area contributed by atoms with Gasteiger partial charge in [-0.1, -0.05) is 37.1 Å². The van der Waals surface area contributed by atoms with Crippen molar-refractivity contribution in [2.75, 3.05) is 10.6 Å². The monoisotopic (exact) mass is 408 g/mol. The summed E-state index contributed by atoms with van der Waals surface area (Å²) < 4.78 is 11.3. The number of rotatable bonds is 7. The molecule has 156 valence electrons. The van der Waals surface area contributed by atoms with Crippen LogP contribution in [-0.4, -0.2) is 22.0 Å². The van der Waals surface area contributed by atoms with E-state index in [2.05, 4.69) is 20.8 Å². The third kappa shape index (κ3) is 5.22. The molecule has 0 aliphatic carbocycles. The lowest BCUT2D eigenvalue weighted by Gasteiger charge is -2.17. The van der Waals surface area contributed by atoms with Crippen LogP contribution in [0.1, 0.15) is 54.1 Å². The fourth-order valence-corrected chi connectivity index (χ4v) is 2.90. The molecule has 0 unspecified atom stereocenters. The summed E-state index contributed by atoms with van der Waals surface area (Å²) in [4.78, 5) is 23.6. The maximum absolute atomic E-state index is 12.2. The van der Waals surface area contributed by atoms with Gasteiger partial charge >= 0.3 is 6.01 Å². The van der Waals surface area contributed by atoms with Crippen molar-refractivity contribution in [1.82, 2.24) is 10.2 Å². The third-order valence-corrected chi connectivity index (χ3v) is 4.35. The van der Waals surface area contributed by atoms with Crippen molar-refractivity contribution in [2.24, 2.45) is 0 Å². The molecule has 0 bridgehead atoms. The first-order valence-corrected chi connectivity index (χ1v) is 9.57. The van der Waals surface area contributed by atoms with E-state index in [0.29, 0.717) is 11.3 Å². The standard InChI is InChI=1S/C22H24N4O4/c1-13(2)17-11-19(14(3)10-18(17)23-15(4)27)29-12-20-25-26-22(30-20)24-21(28)16-8-6-5-7-9-16/h5-11,13H,12H2,1-4H3,(H,23,27)(H,24,26,28). The molecular weight excluding hydrogens is 384 g/mol. The molecule has 0 aliphatic heterocycles. The number of aromatic nitrogens is 2. The van der Waals surface area contributed by atoms with Crippen molar-refractivity contribution in [2.45, 2.75) is 40.2 Å². The van der Waals surface area contributed by atoms with Gasteiger partial charge in [-0.3, -0.25) is 14.9 Å². The zero-order valence-electron chi connectivity index (χ0n) is 17.4. The molecule has 0 saturated heterocycles. The number of amides is 2. The number of anilines is 2. The van der Waals surface area contributed by atoms with Crippen LogP contribution in [-0.2, 0) is 11.4 Å². The van der Waals surface area contributed by atoms with Crippen LogP contribution in [0.4, 0.5) is 11.7 Å². The van der Waals surface area contributed by atoms with Gasteiger partial charge in [0.05, 0.1) is 0 Å². The Labute approximate surface area is 174 Å². The molecule has 3 aromatic rings. The topological polar surface area (TPSA) is 106 Å². The molecule has 1 aromatic heterocycles. The van der Waals surface area contributed by atoms with Gasteiger partial charge in [0, 0.05) is 18.2 Å². The van der Waals surface area contributed by atoms with Crippen molar-refractivity contribution in [3.8, 4) is 5.75 Å². The summed E-state index contributed by atoms with van der Waals surface area (Å²) in [5, 5.41) is 13.2. The highest BCUT2D eigenvalue weighted by atomic mass is 16.5. The Morgan fingerprint density at radius 1 is 1.10 bits per heavy atom. The number of aryl methyl sites for hydroxylation is 1. The second kappa shape index (κ2) is 9.21. The molecule has 8 heteroatoms. The molecule has 0 spiro atoms. The number of benzene rings is 2. The van der Waals surface area contributed by atoms with E-state index in [0.717, 1.165) is 16.8 Å². The first-order chi connectivity index (χ1) is 14.3. The first-order valence-electron chi connectivity index (χ1n) is 9.57. The Morgan fingerprint density at radius 2 is 1.83 bits per heavy atom. The predicted molar refractivity (Wildman–Crippen MR) is 113 cm³/mol. The van der Waals surface area contributed by atoms with E-state index < -0.39 is 0 Å². The largest absolute Gasteiger partial charge is 0.484 e. The second-order valence-electron chi connectivity index (χ2n) is 7.15. The Bertz CT molecular complexity index is 1040. The minimum Gasteiger partial charge on any atom is -0.484 e. The average molecular weight is 408 g/mol. The van der Waals surface area contributed by atoms with Crippen LogP contribution < -0.4 is 15.4 Å². The van der Waals surface area contributed by atoms with Gasteiger partial charge in [0.1, 0.15) is 5.75 Å². The fourth-order valence-electron chi connectivity index (χ4n) is 2.90. The van der Waals surface area contributed by atoms with Crippen molar-refractivity contribution < 1.29 is 18.7 Å². The fraction of sp³-hybridized carbons (Fsp3) is 0.273. The van der Waals surface area contributed by atoms with Crippen molar-refractivity contribution in [1.29, 1.82) is 0 Å². The summed E-state index contributed by atoms with van der Waals surface area (Å²) in [6.07, 6.45) is 0. The number of hydrogen-bond donors (Lipinski definition) is 2. The number of carbonyl (C=O) groups excluding carboxylic acids is 2. The molecule has 0 fully saturated rings. The number of ether oxygens (including phenoxy) is 1. The molecule has 0 atom stereocenters. The SMILES string of the molecule is CC(=O)Nc1cc(C)c(OCc2nnc(NC(=O)c3ccccc3)o2)cc1C(C)C. The molecular formula is C22H24N4O4. The van der Waals surface area contributed by atoms with Crippen LogP contribution >= 0.6 is 0 Å². The molecule has 8 nitrogen and oxygen atoms in total. The summed E-state index contributed by atoms with van der Waals surface area (Å²) in [6.45, 7) is 7.50. The molecule has 3 rings (SSSR count). The Balaban J connectivity index is 1.68. The zero-order valence-corrected chi connectivity index (χ0v) is 17.4. The molecule has 2 N–H and O–H groups in total. The molecule has 0 radical (unpaired) electrons. The normalized spacial score (nSPS) is 10.7. The van der Waals surface area contributed by atoms with Gasteiger partial charge in [0.2, 0.25) is 5.91 Å². The van der Waals surface area contributed by atoms with E-state index in [1.54, 1.807) is 24.3 Å². The Morgan fingerprint density at radius 3 is 2.50 bits per heavy atom. The lowest BCUT2D eigenvalue weighted by molar-refractivity contribution is -0.114. The number of nitrogens with zero attached hydrogens (tertiary/aromatic N) is 2. The summed E-state index contributed by atoms with van der Waals surface area (Å²) >= 11 is 0. The van der Waals surface area contributed by atoms with E-state index in [1.165, 1.54) is 6.92 Å². The van der Waals surface area contributed by atoms with Gasteiger partial charge in [0.25, 0.3) is 11.8 Å². The van der Waals surface area contributed by atoms with Crippen LogP contribution in [0.3, 0.4) is 0 Å². The predicted octanol–water partition coefficient (Wildman–Crippen LogP) is 4.29. The highest BCUT2D eigenvalue weighted by molar-refractivity contribution is 6.03.